The quantitative estimate of drug-likeness (QED) is 0.363. The van der Waals surface area contributed by atoms with Crippen LogP contribution < -0.4 is 14.9 Å². The van der Waals surface area contributed by atoms with Gasteiger partial charge in [0.05, 0.1) is 18.5 Å². The summed E-state index contributed by atoms with van der Waals surface area (Å²) < 4.78 is 12.6. The van der Waals surface area contributed by atoms with E-state index in [4.69, 9.17) is 9.47 Å². The van der Waals surface area contributed by atoms with Crippen molar-refractivity contribution >= 4 is 27.8 Å². The first-order chi connectivity index (χ1) is 13.3. The molecule has 27 heavy (non-hydrogen) atoms. The van der Waals surface area contributed by atoms with E-state index >= 15 is 0 Å². The monoisotopic (exact) mass is 424 g/mol. The molecule has 0 amide bonds. The second-order valence-electron chi connectivity index (χ2n) is 5.76. The molecule has 5 heteroatoms. The number of hydrogen-bond donors (Lipinski definition) is 1. The molecule has 4 nitrogen and oxygen atoms in total. The standard InChI is InChI=1S/C22H21BrN2O2/c1-2-26-21-13-18(15-24-25-19-11-7-4-8-12-19)20(23)14-22(21)27-16-17-9-5-3-6-10-17/h3-15,25H,2,16H2,1H3/b24-15+. The van der Waals surface area contributed by atoms with Gasteiger partial charge in [-0.05, 0) is 52.7 Å². The Morgan fingerprint density at radius 1 is 0.926 bits per heavy atom. The average molecular weight is 425 g/mol. The summed E-state index contributed by atoms with van der Waals surface area (Å²) in [6, 6.07) is 23.7. The van der Waals surface area contributed by atoms with Gasteiger partial charge in [-0.1, -0.05) is 48.5 Å². The summed E-state index contributed by atoms with van der Waals surface area (Å²) in [6.07, 6.45) is 1.75. The second-order valence-corrected chi connectivity index (χ2v) is 6.62. The number of anilines is 1. The van der Waals surface area contributed by atoms with E-state index in [-0.39, 0.29) is 0 Å². The molecule has 0 atom stereocenters. The fourth-order valence-electron chi connectivity index (χ4n) is 2.46. The Bertz CT molecular complexity index is 884. The SMILES string of the molecule is CCOc1cc(/C=N/Nc2ccccc2)c(Br)cc1OCc1ccccc1. The van der Waals surface area contributed by atoms with E-state index in [9.17, 15) is 0 Å². The lowest BCUT2D eigenvalue weighted by Crippen LogP contribution is -2.01. The molecule has 1 N–H and O–H groups in total. The topological polar surface area (TPSA) is 42.8 Å². The molecular formula is C22H21BrN2O2. The predicted octanol–water partition coefficient (Wildman–Crippen LogP) is 5.87. The molecule has 3 aromatic carbocycles. The van der Waals surface area contributed by atoms with Crippen LogP contribution in [0.4, 0.5) is 5.69 Å². The van der Waals surface area contributed by atoms with Gasteiger partial charge in [-0.25, -0.2) is 0 Å². The van der Waals surface area contributed by atoms with Gasteiger partial charge in [0.1, 0.15) is 6.61 Å². The summed E-state index contributed by atoms with van der Waals surface area (Å²) in [5, 5.41) is 4.30. The summed E-state index contributed by atoms with van der Waals surface area (Å²) >= 11 is 3.59. The van der Waals surface area contributed by atoms with Crippen LogP contribution in [0.2, 0.25) is 0 Å². The largest absolute Gasteiger partial charge is 0.490 e. The number of nitrogens with zero attached hydrogens (tertiary/aromatic N) is 1. The van der Waals surface area contributed by atoms with Gasteiger partial charge in [0, 0.05) is 10.0 Å². The molecule has 3 rings (SSSR count). The van der Waals surface area contributed by atoms with Crippen molar-refractivity contribution in [2.45, 2.75) is 13.5 Å². The summed E-state index contributed by atoms with van der Waals surface area (Å²) in [6.45, 7) is 2.99. The van der Waals surface area contributed by atoms with E-state index in [1.807, 2.05) is 79.7 Å². The Morgan fingerprint density at radius 3 is 2.30 bits per heavy atom. The smallest absolute Gasteiger partial charge is 0.162 e. The highest BCUT2D eigenvalue weighted by Crippen LogP contribution is 2.33. The number of rotatable bonds is 8. The third-order valence-corrected chi connectivity index (χ3v) is 4.46. The summed E-state index contributed by atoms with van der Waals surface area (Å²) in [7, 11) is 0. The summed E-state index contributed by atoms with van der Waals surface area (Å²) in [5.74, 6) is 1.39. The minimum absolute atomic E-state index is 0.482. The van der Waals surface area contributed by atoms with Crippen molar-refractivity contribution in [1.29, 1.82) is 0 Å². The maximum absolute atomic E-state index is 5.97. The van der Waals surface area contributed by atoms with Crippen molar-refractivity contribution in [3.63, 3.8) is 0 Å². The molecule has 0 aliphatic carbocycles. The molecule has 0 aliphatic heterocycles. The molecule has 0 saturated carbocycles. The lowest BCUT2D eigenvalue weighted by molar-refractivity contribution is 0.269. The molecule has 0 bridgehead atoms. The number of ether oxygens (including phenoxy) is 2. The minimum Gasteiger partial charge on any atom is -0.490 e. The normalized spacial score (nSPS) is 10.7. The van der Waals surface area contributed by atoms with Crippen LogP contribution in [-0.2, 0) is 6.61 Å². The second kappa shape index (κ2) is 9.78. The Balaban J connectivity index is 1.74. The summed E-state index contributed by atoms with van der Waals surface area (Å²) in [4.78, 5) is 0. The molecule has 0 fully saturated rings. The van der Waals surface area contributed by atoms with E-state index in [0.29, 0.717) is 24.7 Å². The van der Waals surface area contributed by atoms with Crippen molar-refractivity contribution in [2.24, 2.45) is 5.10 Å². The van der Waals surface area contributed by atoms with Crippen molar-refractivity contribution in [3.05, 3.63) is 88.4 Å². The van der Waals surface area contributed by atoms with Gasteiger partial charge in [-0.2, -0.15) is 5.10 Å². The average Bonchev–Trinajstić information content (AvgIpc) is 2.71. The number of hydrazone groups is 1. The molecule has 0 aliphatic rings. The highest BCUT2D eigenvalue weighted by Gasteiger charge is 2.10. The van der Waals surface area contributed by atoms with Crippen LogP contribution in [0.25, 0.3) is 0 Å². The first kappa shape index (κ1) is 19.0. The van der Waals surface area contributed by atoms with E-state index < -0.39 is 0 Å². The molecule has 0 aromatic heterocycles. The Hall–Kier alpha value is -2.79. The molecule has 0 heterocycles. The lowest BCUT2D eigenvalue weighted by atomic mass is 10.2. The third kappa shape index (κ3) is 5.59. The number of halogens is 1. The van der Waals surface area contributed by atoms with E-state index in [0.717, 1.165) is 21.3 Å². The van der Waals surface area contributed by atoms with Crippen LogP contribution in [0, 0.1) is 0 Å². The number of benzene rings is 3. The van der Waals surface area contributed by atoms with Crippen molar-refractivity contribution < 1.29 is 9.47 Å². The zero-order valence-corrected chi connectivity index (χ0v) is 16.6. The number of para-hydroxylation sites is 1. The molecule has 0 spiro atoms. The van der Waals surface area contributed by atoms with Gasteiger partial charge in [0.15, 0.2) is 11.5 Å². The number of hydrogen-bond acceptors (Lipinski definition) is 4. The Morgan fingerprint density at radius 2 is 1.59 bits per heavy atom. The predicted molar refractivity (Wildman–Crippen MR) is 114 cm³/mol. The van der Waals surface area contributed by atoms with E-state index in [1.54, 1.807) is 6.21 Å². The molecule has 0 radical (unpaired) electrons. The van der Waals surface area contributed by atoms with Crippen LogP contribution in [0.5, 0.6) is 11.5 Å². The lowest BCUT2D eigenvalue weighted by Gasteiger charge is -2.14. The van der Waals surface area contributed by atoms with E-state index in [2.05, 4.69) is 26.5 Å². The molecular weight excluding hydrogens is 404 g/mol. The molecule has 138 valence electrons. The highest BCUT2D eigenvalue weighted by atomic mass is 79.9. The van der Waals surface area contributed by atoms with Gasteiger partial charge in [0.25, 0.3) is 0 Å². The summed E-state index contributed by atoms with van der Waals surface area (Å²) in [5.41, 5.74) is 5.94. The van der Waals surface area contributed by atoms with Crippen LogP contribution in [0.3, 0.4) is 0 Å². The van der Waals surface area contributed by atoms with E-state index in [1.165, 1.54) is 0 Å². The first-order valence-electron chi connectivity index (χ1n) is 8.73. The van der Waals surface area contributed by atoms with Gasteiger partial charge < -0.3 is 9.47 Å². The van der Waals surface area contributed by atoms with Crippen molar-refractivity contribution in [3.8, 4) is 11.5 Å². The van der Waals surface area contributed by atoms with Crippen LogP contribution in [0.1, 0.15) is 18.1 Å². The van der Waals surface area contributed by atoms with Crippen LogP contribution in [-0.4, -0.2) is 12.8 Å². The Labute approximate surface area is 168 Å². The fraction of sp³-hybridized carbons (Fsp3) is 0.136. The van der Waals surface area contributed by atoms with Gasteiger partial charge in [0.2, 0.25) is 0 Å². The number of nitrogens with one attached hydrogen (secondary N) is 1. The fourth-order valence-corrected chi connectivity index (χ4v) is 2.88. The van der Waals surface area contributed by atoms with Crippen molar-refractivity contribution in [1.82, 2.24) is 0 Å². The molecule has 3 aromatic rings. The minimum atomic E-state index is 0.482. The van der Waals surface area contributed by atoms with Gasteiger partial charge in [-0.3, -0.25) is 5.43 Å². The third-order valence-electron chi connectivity index (χ3n) is 3.77. The van der Waals surface area contributed by atoms with Gasteiger partial charge in [-0.15, -0.1) is 0 Å². The van der Waals surface area contributed by atoms with Gasteiger partial charge >= 0.3 is 0 Å². The van der Waals surface area contributed by atoms with Crippen LogP contribution in [0.15, 0.2) is 82.4 Å². The highest BCUT2D eigenvalue weighted by molar-refractivity contribution is 9.10. The zero-order chi connectivity index (χ0) is 18.9. The van der Waals surface area contributed by atoms with Crippen LogP contribution >= 0.6 is 15.9 Å². The van der Waals surface area contributed by atoms with Crippen molar-refractivity contribution in [2.75, 3.05) is 12.0 Å². The Kier molecular flexibility index (Phi) is 6.88. The maximum Gasteiger partial charge on any atom is 0.162 e. The maximum atomic E-state index is 5.97. The zero-order valence-electron chi connectivity index (χ0n) is 15.1. The molecule has 0 saturated heterocycles. The first-order valence-corrected chi connectivity index (χ1v) is 9.52. The molecule has 0 unspecified atom stereocenters.